The van der Waals surface area contributed by atoms with Crippen molar-refractivity contribution in [3.8, 4) is 0 Å². The number of aryl methyl sites for hydroxylation is 1. The summed E-state index contributed by atoms with van der Waals surface area (Å²) in [6, 6.07) is 7.86. The molecule has 0 bridgehead atoms. The maximum Gasteiger partial charge on any atom is 0.258 e. The molecule has 2 aromatic rings. The quantitative estimate of drug-likeness (QED) is 0.529. The molecule has 1 aliphatic heterocycles. The van der Waals surface area contributed by atoms with E-state index in [9.17, 15) is 9.59 Å². The van der Waals surface area contributed by atoms with E-state index in [0.717, 1.165) is 62.0 Å². The number of nitrogens with zero attached hydrogens (tertiary/aromatic N) is 1. The lowest BCUT2D eigenvalue weighted by Crippen LogP contribution is -2.34. The van der Waals surface area contributed by atoms with Gasteiger partial charge in [-0.3, -0.25) is 14.5 Å². The monoisotopic (exact) mass is 481 g/mol. The molecule has 1 fully saturated rings. The maximum absolute atomic E-state index is 13.5. The first-order valence-electron chi connectivity index (χ1n) is 12.8. The van der Waals surface area contributed by atoms with Crippen molar-refractivity contribution in [3.05, 3.63) is 45.8 Å². The van der Waals surface area contributed by atoms with Gasteiger partial charge in [-0.25, -0.2) is 0 Å². The van der Waals surface area contributed by atoms with Crippen molar-refractivity contribution in [3.63, 3.8) is 0 Å². The lowest BCUT2D eigenvalue weighted by atomic mass is 9.72. The summed E-state index contributed by atoms with van der Waals surface area (Å²) < 4.78 is 0. The van der Waals surface area contributed by atoms with E-state index < -0.39 is 0 Å². The van der Waals surface area contributed by atoms with Gasteiger partial charge >= 0.3 is 0 Å². The van der Waals surface area contributed by atoms with Crippen LogP contribution in [0.2, 0.25) is 0 Å². The number of amides is 2. The highest BCUT2D eigenvalue weighted by atomic mass is 32.1. The Morgan fingerprint density at radius 3 is 2.50 bits per heavy atom. The van der Waals surface area contributed by atoms with Gasteiger partial charge in [0.1, 0.15) is 5.00 Å². The number of fused-ring (bicyclic) bond motifs is 1. The first kappa shape index (κ1) is 24.9. The van der Waals surface area contributed by atoms with E-state index in [2.05, 4.69) is 36.3 Å². The van der Waals surface area contributed by atoms with Gasteiger partial charge in [0.05, 0.1) is 12.1 Å². The zero-order valence-corrected chi connectivity index (χ0v) is 21.9. The van der Waals surface area contributed by atoms with E-state index in [1.54, 1.807) is 11.3 Å². The average Bonchev–Trinajstić information content (AvgIpc) is 2.91. The van der Waals surface area contributed by atoms with Crippen molar-refractivity contribution in [1.29, 1.82) is 0 Å². The number of hydrogen-bond donors (Lipinski definition) is 2. The fraction of sp³-hybridized carbons (Fsp3) is 0.571. The van der Waals surface area contributed by atoms with Crippen LogP contribution in [0.15, 0.2) is 24.3 Å². The molecule has 1 aliphatic carbocycles. The highest BCUT2D eigenvalue weighted by Crippen LogP contribution is 2.44. The molecule has 0 radical (unpaired) electrons. The van der Waals surface area contributed by atoms with Crippen molar-refractivity contribution in [1.82, 2.24) is 4.90 Å². The van der Waals surface area contributed by atoms with Gasteiger partial charge in [0.25, 0.3) is 5.91 Å². The van der Waals surface area contributed by atoms with Gasteiger partial charge in [-0.2, -0.15) is 0 Å². The Kier molecular flexibility index (Phi) is 7.78. The van der Waals surface area contributed by atoms with E-state index in [0.29, 0.717) is 23.0 Å². The number of benzene rings is 1. The Hall–Kier alpha value is -2.18. The zero-order valence-electron chi connectivity index (χ0n) is 21.1. The fourth-order valence-corrected chi connectivity index (χ4v) is 6.57. The number of thiophene rings is 1. The van der Waals surface area contributed by atoms with Crippen molar-refractivity contribution in [2.45, 2.75) is 72.6 Å². The molecule has 184 valence electrons. The van der Waals surface area contributed by atoms with E-state index in [1.807, 2.05) is 31.2 Å². The smallest absolute Gasteiger partial charge is 0.258 e. The van der Waals surface area contributed by atoms with Gasteiger partial charge < -0.3 is 10.6 Å². The van der Waals surface area contributed by atoms with Crippen LogP contribution in [-0.2, 0) is 17.6 Å². The van der Waals surface area contributed by atoms with E-state index >= 15 is 0 Å². The number of rotatable bonds is 5. The first-order valence-corrected chi connectivity index (χ1v) is 13.6. The lowest BCUT2D eigenvalue weighted by Gasteiger charge is -2.33. The van der Waals surface area contributed by atoms with Crippen LogP contribution in [0.4, 0.5) is 10.7 Å². The summed E-state index contributed by atoms with van der Waals surface area (Å²) >= 11 is 1.61. The van der Waals surface area contributed by atoms with Crippen LogP contribution in [0, 0.1) is 18.3 Å². The fourth-order valence-electron chi connectivity index (χ4n) is 5.23. The summed E-state index contributed by atoms with van der Waals surface area (Å²) in [7, 11) is 0. The van der Waals surface area contributed by atoms with E-state index in [1.165, 1.54) is 17.7 Å². The number of hydrogen-bond acceptors (Lipinski definition) is 4. The molecule has 0 spiro atoms. The summed E-state index contributed by atoms with van der Waals surface area (Å²) in [6.07, 6.45) is 7.71. The van der Waals surface area contributed by atoms with Crippen LogP contribution in [0.25, 0.3) is 0 Å². The summed E-state index contributed by atoms with van der Waals surface area (Å²) in [4.78, 5) is 30.0. The predicted molar refractivity (Wildman–Crippen MR) is 142 cm³/mol. The Labute approximate surface area is 208 Å². The SMILES string of the molecule is Cc1cccc(NC(=O)c2c(NC(=O)CN3CCCCCC3)sc3c2CC[C@H](C(C)(C)C)C3)c1. The van der Waals surface area contributed by atoms with Crippen molar-refractivity contribution < 1.29 is 9.59 Å². The van der Waals surface area contributed by atoms with Gasteiger partial charge in [-0.1, -0.05) is 45.7 Å². The van der Waals surface area contributed by atoms with E-state index in [-0.39, 0.29) is 17.2 Å². The molecule has 1 atom stereocenters. The lowest BCUT2D eigenvalue weighted by molar-refractivity contribution is -0.117. The second-order valence-corrected chi connectivity index (χ2v) is 12.2. The third-order valence-corrected chi connectivity index (χ3v) is 8.48. The van der Waals surface area contributed by atoms with Crippen LogP contribution >= 0.6 is 11.3 Å². The average molecular weight is 482 g/mol. The molecular formula is C28H39N3O2S. The molecule has 34 heavy (non-hydrogen) atoms. The Balaban J connectivity index is 1.58. The molecule has 1 saturated heterocycles. The Morgan fingerprint density at radius 1 is 1.09 bits per heavy atom. The summed E-state index contributed by atoms with van der Waals surface area (Å²) in [5.41, 5.74) is 3.90. The molecule has 0 unspecified atom stereocenters. The third kappa shape index (κ3) is 6.08. The highest BCUT2D eigenvalue weighted by Gasteiger charge is 2.34. The highest BCUT2D eigenvalue weighted by molar-refractivity contribution is 7.17. The van der Waals surface area contributed by atoms with Gasteiger partial charge in [0.2, 0.25) is 5.91 Å². The van der Waals surface area contributed by atoms with Crippen LogP contribution in [-0.4, -0.2) is 36.3 Å². The molecule has 2 aliphatic rings. The summed E-state index contributed by atoms with van der Waals surface area (Å²) in [5, 5.41) is 6.94. The number of nitrogens with one attached hydrogen (secondary N) is 2. The molecule has 6 heteroatoms. The molecule has 4 rings (SSSR count). The second-order valence-electron chi connectivity index (χ2n) is 11.1. The number of carbonyl (C=O) groups excluding carboxylic acids is 2. The van der Waals surface area contributed by atoms with Crippen molar-refractivity contribution in [2.75, 3.05) is 30.3 Å². The second kappa shape index (κ2) is 10.6. The number of likely N-dealkylation sites (tertiary alicyclic amines) is 1. The van der Waals surface area contributed by atoms with Crippen molar-refractivity contribution in [2.24, 2.45) is 11.3 Å². The topological polar surface area (TPSA) is 61.4 Å². The van der Waals surface area contributed by atoms with Crippen LogP contribution in [0.1, 0.15) is 79.2 Å². The Morgan fingerprint density at radius 2 is 1.82 bits per heavy atom. The molecule has 1 aromatic heterocycles. The molecule has 5 nitrogen and oxygen atoms in total. The van der Waals surface area contributed by atoms with Crippen LogP contribution in [0.5, 0.6) is 0 Å². The van der Waals surface area contributed by atoms with Crippen molar-refractivity contribution >= 4 is 33.8 Å². The largest absolute Gasteiger partial charge is 0.322 e. The van der Waals surface area contributed by atoms with Gasteiger partial charge in [0, 0.05) is 10.6 Å². The number of carbonyl (C=O) groups is 2. The minimum atomic E-state index is -0.123. The molecule has 2 amide bonds. The van der Waals surface area contributed by atoms with Gasteiger partial charge in [-0.15, -0.1) is 11.3 Å². The molecule has 1 aromatic carbocycles. The van der Waals surface area contributed by atoms with Crippen LogP contribution in [0.3, 0.4) is 0 Å². The third-order valence-electron chi connectivity index (χ3n) is 7.31. The molecule has 2 heterocycles. The molecule has 0 saturated carbocycles. The van der Waals surface area contributed by atoms with Gasteiger partial charge in [-0.05, 0) is 86.7 Å². The normalized spacial score (nSPS) is 19.2. The minimum absolute atomic E-state index is 0.0162. The standard InChI is InChI=1S/C28H39N3O2S/c1-19-10-9-11-21(16-19)29-26(33)25-22-13-12-20(28(2,3)4)17-23(22)34-27(25)30-24(32)18-31-14-7-5-6-8-15-31/h9-11,16,20H,5-8,12-15,17-18H2,1-4H3,(H,29,33)(H,30,32)/t20-/m0/s1. The van der Waals surface area contributed by atoms with Crippen LogP contribution < -0.4 is 10.6 Å². The van der Waals surface area contributed by atoms with Gasteiger partial charge in [0.15, 0.2) is 0 Å². The summed E-state index contributed by atoms with van der Waals surface area (Å²) in [6.45, 7) is 11.3. The molecular weight excluding hydrogens is 442 g/mol. The first-order chi connectivity index (χ1) is 16.2. The number of anilines is 2. The maximum atomic E-state index is 13.5. The predicted octanol–water partition coefficient (Wildman–Crippen LogP) is 6.27. The zero-order chi connectivity index (χ0) is 24.3. The summed E-state index contributed by atoms with van der Waals surface area (Å²) in [5.74, 6) is 0.437. The van der Waals surface area contributed by atoms with E-state index in [4.69, 9.17) is 0 Å². The Bertz CT molecular complexity index is 1030. The minimum Gasteiger partial charge on any atom is -0.322 e. The molecule has 2 N–H and O–H groups in total.